The normalized spacial score (nSPS) is 10.7. The highest BCUT2D eigenvalue weighted by Gasteiger charge is 2.18. The number of anilines is 1. The first kappa shape index (κ1) is 15.9. The van der Waals surface area contributed by atoms with E-state index in [-0.39, 0.29) is 0 Å². The second kappa shape index (κ2) is 6.67. The summed E-state index contributed by atoms with van der Waals surface area (Å²) in [4.78, 5) is 0. The van der Waals surface area contributed by atoms with Crippen LogP contribution in [-0.2, 0) is 6.54 Å². The summed E-state index contributed by atoms with van der Waals surface area (Å²) in [7, 11) is 1.66. The zero-order valence-electron chi connectivity index (χ0n) is 14.0. The summed E-state index contributed by atoms with van der Waals surface area (Å²) < 4.78 is 7.60. The molecule has 24 heavy (non-hydrogen) atoms. The van der Waals surface area contributed by atoms with Crippen LogP contribution in [0.15, 0.2) is 42.5 Å². The number of nitrogens with two attached hydrogens (primary N) is 1. The fourth-order valence-electron chi connectivity index (χ4n) is 3.06. The predicted molar refractivity (Wildman–Crippen MR) is 98.0 cm³/mol. The highest BCUT2D eigenvalue weighted by molar-refractivity contribution is 5.95. The van der Waals surface area contributed by atoms with Crippen LogP contribution >= 0.6 is 0 Å². The smallest absolute Gasteiger partial charge is 0.120 e. The number of hydrogen-bond donors (Lipinski definition) is 1. The van der Waals surface area contributed by atoms with E-state index >= 15 is 0 Å². The number of aryl methyl sites for hydroxylation is 1. The van der Waals surface area contributed by atoms with Gasteiger partial charge in [-0.3, -0.25) is 0 Å². The molecule has 0 bridgehead atoms. The van der Waals surface area contributed by atoms with Crippen molar-refractivity contribution in [3.63, 3.8) is 0 Å². The molecule has 0 saturated heterocycles. The van der Waals surface area contributed by atoms with Crippen molar-refractivity contribution in [3.8, 4) is 23.1 Å². The zero-order chi connectivity index (χ0) is 17.1. The summed E-state index contributed by atoms with van der Waals surface area (Å²) in [6.07, 6.45) is 2.14. The Morgan fingerprint density at radius 2 is 1.92 bits per heavy atom. The van der Waals surface area contributed by atoms with Crippen molar-refractivity contribution in [2.75, 3.05) is 12.8 Å². The zero-order valence-corrected chi connectivity index (χ0v) is 14.0. The molecule has 0 aliphatic rings. The Morgan fingerprint density at radius 1 is 1.17 bits per heavy atom. The van der Waals surface area contributed by atoms with E-state index in [1.807, 2.05) is 42.5 Å². The monoisotopic (exact) mass is 319 g/mol. The SMILES string of the molecule is CCCCn1c(-c2ccc(N)cc2)c(C#N)c2ccc(OC)cc21. The molecule has 3 aromatic rings. The molecule has 3 rings (SSSR count). The quantitative estimate of drug-likeness (QED) is 0.701. The van der Waals surface area contributed by atoms with Gasteiger partial charge in [-0.05, 0) is 36.2 Å². The van der Waals surface area contributed by atoms with Gasteiger partial charge in [0.25, 0.3) is 0 Å². The maximum absolute atomic E-state index is 9.78. The predicted octanol–water partition coefficient (Wildman–Crippen LogP) is 4.57. The van der Waals surface area contributed by atoms with E-state index in [0.29, 0.717) is 5.56 Å². The lowest BCUT2D eigenvalue weighted by Crippen LogP contribution is -2.01. The van der Waals surface area contributed by atoms with Gasteiger partial charge >= 0.3 is 0 Å². The fraction of sp³-hybridized carbons (Fsp3) is 0.250. The van der Waals surface area contributed by atoms with Crippen molar-refractivity contribution < 1.29 is 4.74 Å². The van der Waals surface area contributed by atoms with Crippen molar-refractivity contribution in [1.82, 2.24) is 4.57 Å². The number of methoxy groups -OCH3 is 1. The van der Waals surface area contributed by atoms with Crippen molar-refractivity contribution >= 4 is 16.6 Å². The molecule has 2 aromatic carbocycles. The minimum absolute atomic E-state index is 0.702. The van der Waals surface area contributed by atoms with Crippen molar-refractivity contribution in [2.24, 2.45) is 0 Å². The molecule has 0 radical (unpaired) electrons. The van der Waals surface area contributed by atoms with Crippen LogP contribution < -0.4 is 10.5 Å². The number of aromatic nitrogens is 1. The number of nitrogens with zero attached hydrogens (tertiary/aromatic N) is 2. The molecule has 1 aromatic heterocycles. The maximum Gasteiger partial charge on any atom is 0.120 e. The van der Waals surface area contributed by atoms with Crippen LogP contribution in [-0.4, -0.2) is 11.7 Å². The van der Waals surface area contributed by atoms with Gasteiger partial charge in [0.2, 0.25) is 0 Å². The first-order valence-corrected chi connectivity index (χ1v) is 8.15. The van der Waals surface area contributed by atoms with Crippen LogP contribution in [0.25, 0.3) is 22.2 Å². The third kappa shape index (κ3) is 2.69. The fourth-order valence-corrected chi connectivity index (χ4v) is 3.06. The van der Waals surface area contributed by atoms with Gasteiger partial charge in [0.15, 0.2) is 0 Å². The van der Waals surface area contributed by atoms with Crippen LogP contribution in [0.4, 0.5) is 5.69 Å². The number of hydrogen-bond acceptors (Lipinski definition) is 3. The lowest BCUT2D eigenvalue weighted by molar-refractivity contribution is 0.415. The molecular formula is C20H21N3O. The lowest BCUT2D eigenvalue weighted by atomic mass is 10.1. The van der Waals surface area contributed by atoms with E-state index in [2.05, 4.69) is 17.6 Å². The summed E-state index contributed by atoms with van der Waals surface area (Å²) in [5.74, 6) is 0.797. The number of benzene rings is 2. The number of nitrogen functional groups attached to an aromatic ring is 1. The molecule has 2 N–H and O–H groups in total. The van der Waals surface area contributed by atoms with Crippen LogP contribution in [0.3, 0.4) is 0 Å². The summed E-state index contributed by atoms with van der Waals surface area (Å²) in [5.41, 5.74) is 10.2. The first-order valence-electron chi connectivity index (χ1n) is 8.15. The van der Waals surface area contributed by atoms with Crippen molar-refractivity contribution in [2.45, 2.75) is 26.3 Å². The minimum Gasteiger partial charge on any atom is -0.497 e. The number of nitriles is 1. The molecule has 0 saturated carbocycles. The molecule has 0 amide bonds. The third-order valence-corrected chi connectivity index (χ3v) is 4.30. The van der Waals surface area contributed by atoms with E-state index < -0.39 is 0 Å². The molecule has 1 heterocycles. The van der Waals surface area contributed by atoms with Gasteiger partial charge < -0.3 is 15.0 Å². The van der Waals surface area contributed by atoms with Gasteiger partial charge in [-0.2, -0.15) is 5.26 Å². The molecule has 122 valence electrons. The number of unbranched alkanes of at least 4 members (excludes halogenated alkanes) is 1. The van der Waals surface area contributed by atoms with Crippen LogP contribution in [0, 0.1) is 11.3 Å². The second-order valence-electron chi connectivity index (χ2n) is 5.85. The number of ether oxygens (including phenoxy) is 1. The molecule has 4 nitrogen and oxygen atoms in total. The van der Waals surface area contributed by atoms with Crippen molar-refractivity contribution in [1.29, 1.82) is 5.26 Å². The molecule has 0 aliphatic heterocycles. The Hall–Kier alpha value is -2.93. The highest BCUT2D eigenvalue weighted by atomic mass is 16.5. The Kier molecular flexibility index (Phi) is 4.43. The van der Waals surface area contributed by atoms with Gasteiger partial charge in [-0.1, -0.05) is 25.5 Å². The average Bonchev–Trinajstić information content (AvgIpc) is 2.93. The molecular weight excluding hydrogens is 298 g/mol. The lowest BCUT2D eigenvalue weighted by Gasteiger charge is -2.11. The van der Waals surface area contributed by atoms with E-state index in [1.54, 1.807) is 7.11 Å². The van der Waals surface area contributed by atoms with Gasteiger partial charge in [0.05, 0.1) is 23.9 Å². The Labute approximate surface area is 142 Å². The highest BCUT2D eigenvalue weighted by Crippen LogP contribution is 2.35. The summed E-state index contributed by atoms with van der Waals surface area (Å²) in [6.45, 7) is 3.03. The van der Waals surface area contributed by atoms with E-state index in [0.717, 1.165) is 53.0 Å². The van der Waals surface area contributed by atoms with Crippen LogP contribution in [0.2, 0.25) is 0 Å². The second-order valence-corrected chi connectivity index (χ2v) is 5.85. The molecule has 0 atom stereocenters. The van der Waals surface area contributed by atoms with E-state index in [9.17, 15) is 5.26 Å². The van der Waals surface area contributed by atoms with Crippen molar-refractivity contribution in [3.05, 3.63) is 48.0 Å². The van der Waals surface area contributed by atoms with Gasteiger partial charge in [0, 0.05) is 23.7 Å². The third-order valence-electron chi connectivity index (χ3n) is 4.30. The first-order chi connectivity index (χ1) is 11.7. The number of fused-ring (bicyclic) bond motifs is 1. The number of rotatable bonds is 5. The van der Waals surface area contributed by atoms with Gasteiger partial charge in [-0.15, -0.1) is 0 Å². The molecule has 0 spiro atoms. The molecule has 0 fully saturated rings. The molecule has 0 aliphatic carbocycles. The summed E-state index contributed by atoms with van der Waals surface area (Å²) in [5, 5.41) is 10.7. The topological polar surface area (TPSA) is 64.0 Å². The van der Waals surface area contributed by atoms with Gasteiger partial charge in [-0.25, -0.2) is 0 Å². The average molecular weight is 319 g/mol. The summed E-state index contributed by atoms with van der Waals surface area (Å²) >= 11 is 0. The molecule has 4 heteroatoms. The van der Waals surface area contributed by atoms with Crippen LogP contribution in [0.1, 0.15) is 25.3 Å². The van der Waals surface area contributed by atoms with E-state index in [1.165, 1.54) is 0 Å². The van der Waals surface area contributed by atoms with Gasteiger partial charge in [0.1, 0.15) is 11.8 Å². The summed E-state index contributed by atoms with van der Waals surface area (Å²) in [6, 6.07) is 16.0. The van der Waals surface area contributed by atoms with E-state index in [4.69, 9.17) is 10.5 Å². The minimum atomic E-state index is 0.702. The largest absolute Gasteiger partial charge is 0.497 e. The van der Waals surface area contributed by atoms with Crippen LogP contribution in [0.5, 0.6) is 5.75 Å². The maximum atomic E-state index is 9.78. The Bertz CT molecular complexity index is 901. The standard InChI is InChI=1S/C20H21N3O/c1-3-4-11-23-19-12-16(24-2)9-10-17(19)18(13-21)20(23)14-5-7-15(22)8-6-14/h5-10,12H,3-4,11,22H2,1-2H3. The Balaban J connectivity index is 2.32. The Morgan fingerprint density at radius 3 is 2.54 bits per heavy atom. The molecule has 0 unspecified atom stereocenters.